The van der Waals surface area contributed by atoms with Gasteiger partial charge >= 0.3 is 33.3 Å². The number of unbranched alkanes of at least 4 members (excludes halogenated alkanes) is 3. The Morgan fingerprint density at radius 1 is 0.707 bits per heavy atom. The van der Waals surface area contributed by atoms with Gasteiger partial charge in [-0.05, 0) is 96.0 Å². The van der Waals surface area contributed by atoms with Crippen LogP contribution in [0.1, 0.15) is 129 Å². The number of rotatable bonds is 40. The number of aliphatic hydroxyl groups is 3. The number of carbonyl (C=O) groups excluding carboxylic acids is 2. The number of carbonyl (C=O) groups is 2. The predicted octanol–water partition coefficient (Wildman–Crippen LogP) is 9.74. The Kier molecular flexibility index (Phi) is 35.7. The normalized spacial score (nSPS) is 20.2. The van der Waals surface area contributed by atoms with Crippen LogP contribution in [0.4, 0.5) is 5.82 Å². The molecule has 0 saturated carbocycles. The molecule has 418 valence electrons. The lowest BCUT2D eigenvalue weighted by molar-refractivity contribution is -0.161. The van der Waals surface area contributed by atoms with E-state index < -0.39 is 89.8 Å². The Balaban J connectivity index is 1.87. The largest absolute Gasteiger partial charge is 0.481 e. The maximum atomic E-state index is 12.9. The predicted molar refractivity (Wildman–Crippen MR) is 290 cm³/mol. The van der Waals surface area contributed by atoms with Gasteiger partial charge in [-0.2, -0.15) is 9.29 Å². The molecule has 3 unspecified atom stereocenters. The molecule has 2 rings (SSSR count). The summed E-state index contributed by atoms with van der Waals surface area (Å²) in [6.45, 7) is 1.69. The Hall–Kier alpha value is -4.88. The molecule has 1 saturated heterocycles. The highest BCUT2D eigenvalue weighted by Gasteiger charge is 2.46. The summed E-state index contributed by atoms with van der Waals surface area (Å²) < 4.78 is 56.6. The molecule has 1 aliphatic heterocycles. The zero-order valence-electron chi connectivity index (χ0n) is 43.4. The van der Waals surface area contributed by atoms with E-state index in [-0.39, 0.29) is 31.5 Å². The standard InChI is InChI=1S/C54H81N3O16P2/c1-3-5-7-9-11-13-15-17-18-19-20-21-22-24-26-28-30-32-34-38-49(59)68-42-46(71-50(60)39-35-37-45(58)36-33-31-29-27-25-23-16-14-12-10-8-6-4-2)43-69-74(64,65)73-75(66,67)70-44-47-51(61)52(62)53(72-47)57-41-40-48(55)56-54(57)63/h5-8,11-14,17-18,20-21,23-26,29,31,33,36,40-41,45-47,51-53,58,61-62H,3-4,9-10,15-16,19,22,27-28,30,32,34-35,37-39,42-44H2,1-2H3,(H,64,65)(H,66,67)(H2,55,56,63)/b7-5-,8-6-,13-11-,14-12-,18-17-,21-20-,25-23-,26-24-,31-29-,36-33+/t45?,46-,47-,51-,52-,53-/m1/s1. The first kappa shape index (κ1) is 66.2. The smallest absolute Gasteiger partial charge is 0.462 e. The van der Waals surface area contributed by atoms with Crippen molar-refractivity contribution in [2.75, 3.05) is 25.6 Å². The lowest BCUT2D eigenvalue weighted by Crippen LogP contribution is -2.36. The van der Waals surface area contributed by atoms with Crippen LogP contribution in [0.2, 0.25) is 0 Å². The molecule has 1 aliphatic rings. The molecular formula is C54H81N3O16P2. The van der Waals surface area contributed by atoms with Crippen LogP contribution in [0.5, 0.6) is 0 Å². The molecular weight excluding hydrogens is 1010 g/mol. The van der Waals surface area contributed by atoms with Crippen molar-refractivity contribution in [3.05, 3.63) is 144 Å². The number of hydrogen-bond acceptors (Lipinski definition) is 16. The maximum Gasteiger partial charge on any atom is 0.481 e. The highest BCUT2D eigenvalue weighted by molar-refractivity contribution is 7.61. The van der Waals surface area contributed by atoms with Gasteiger partial charge in [0.15, 0.2) is 12.3 Å². The van der Waals surface area contributed by atoms with Crippen LogP contribution in [0.15, 0.2) is 139 Å². The van der Waals surface area contributed by atoms with Crippen LogP contribution in [-0.2, 0) is 46.3 Å². The summed E-state index contributed by atoms with van der Waals surface area (Å²) in [4.78, 5) is 62.0. The number of aliphatic hydroxyl groups excluding tert-OH is 3. The van der Waals surface area contributed by atoms with Crippen molar-refractivity contribution in [1.82, 2.24) is 9.55 Å². The summed E-state index contributed by atoms with van der Waals surface area (Å²) in [5.74, 6) is -1.57. The Bertz CT molecular complexity index is 2250. The van der Waals surface area contributed by atoms with Gasteiger partial charge in [0.2, 0.25) is 0 Å². The quantitative estimate of drug-likeness (QED) is 0.0117. The first-order valence-corrected chi connectivity index (χ1v) is 28.6. The lowest BCUT2D eigenvalue weighted by atomic mass is 10.1. The lowest BCUT2D eigenvalue weighted by Gasteiger charge is -2.21. The maximum absolute atomic E-state index is 12.9. The molecule has 2 heterocycles. The van der Waals surface area contributed by atoms with Crippen LogP contribution in [0, 0.1) is 0 Å². The molecule has 0 aromatic carbocycles. The molecule has 0 amide bonds. The highest BCUT2D eigenvalue weighted by atomic mass is 31.3. The Morgan fingerprint density at radius 3 is 1.81 bits per heavy atom. The second-order valence-corrected chi connectivity index (χ2v) is 20.1. The topological polar surface area (TPSA) is 286 Å². The molecule has 8 atom stereocenters. The van der Waals surface area contributed by atoms with Gasteiger partial charge in [-0.15, -0.1) is 0 Å². The fraction of sp³-hybridized carbons (Fsp3) is 0.519. The number of nitrogen functional groups attached to an aromatic ring is 1. The SMILES string of the molecule is CC/C=C\C/C=C\C/C=C\C/C=C\C=C\C(O)CCCC(=O)O[C@H](COC(=O)CCCCC/C=C\C/C=C\C/C=C\C/C=C\C/C=C\CC)COP(=O)(O)OP(=O)(O)OC[C@H]1O[C@@H](n2ccc(N)nc2=O)[C@H](O)[C@@H]1O. The van der Waals surface area contributed by atoms with E-state index in [1.54, 1.807) is 18.2 Å². The van der Waals surface area contributed by atoms with Crippen molar-refractivity contribution in [1.29, 1.82) is 0 Å². The van der Waals surface area contributed by atoms with Crippen LogP contribution in [0.25, 0.3) is 0 Å². The third kappa shape index (κ3) is 33.0. The van der Waals surface area contributed by atoms with Crippen molar-refractivity contribution in [3.8, 4) is 0 Å². The van der Waals surface area contributed by atoms with Crippen molar-refractivity contribution in [2.24, 2.45) is 0 Å². The van der Waals surface area contributed by atoms with Crippen molar-refractivity contribution >= 4 is 33.4 Å². The van der Waals surface area contributed by atoms with E-state index in [0.717, 1.165) is 87.8 Å². The molecule has 0 spiro atoms. The summed E-state index contributed by atoms with van der Waals surface area (Å²) in [6.07, 6.45) is 44.5. The summed E-state index contributed by atoms with van der Waals surface area (Å²) in [6, 6.07) is 1.23. The zero-order valence-corrected chi connectivity index (χ0v) is 45.2. The van der Waals surface area contributed by atoms with E-state index in [2.05, 4.69) is 114 Å². The fourth-order valence-electron chi connectivity index (χ4n) is 6.72. The average Bonchev–Trinajstić information content (AvgIpc) is 3.64. The van der Waals surface area contributed by atoms with Gasteiger partial charge in [-0.3, -0.25) is 23.2 Å². The van der Waals surface area contributed by atoms with Crippen LogP contribution < -0.4 is 11.4 Å². The second kappa shape index (κ2) is 40.4. The molecule has 0 bridgehead atoms. The highest BCUT2D eigenvalue weighted by Crippen LogP contribution is 2.60. The molecule has 7 N–H and O–H groups in total. The molecule has 1 fully saturated rings. The number of anilines is 1. The van der Waals surface area contributed by atoms with Gasteiger partial charge in [0.25, 0.3) is 0 Å². The molecule has 75 heavy (non-hydrogen) atoms. The van der Waals surface area contributed by atoms with E-state index >= 15 is 0 Å². The van der Waals surface area contributed by atoms with Crippen molar-refractivity contribution < 1.29 is 71.4 Å². The number of hydrogen-bond donors (Lipinski definition) is 6. The Labute approximate surface area is 442 Å². The molecule has 1 aromatic heterocycles. The van der Waals surface area contributed by atoms with Gasteiger partial charge in [0.1, 0.15) is 30.7 Å². The number of aromatic nitrogens is 2. The average molecular weight is 1090 g/mol. The summed E-state index contributed by atoms with van der Waals surface area (Å²) in [5, 5.41) is 31.3. The van der Waals surface area contributed by atoms with Gasteiger partial charge < -0.3 is 45.1 Å². The Morgan fingerprint density at radius 2 is 1.24 bits per heavy atom. The third-order valence-corrected chi connectivity index (χ3v) is 13.2. The summed E-state index contributed by atoms with van der Waals surface area (Å²) >= 11 is 0. The first-order chi connectivity index (χ1) is 36.1. The van der Waals surface area contributed by atoms with Gasteiger partial charge in [-0.1, -0.05) is 142 Å². The molecule has 19 nitrogen and oxygen atoms in total. The molecule has 21 heteroatoms. The molecule has 1 aromatic rings. The second-order valence-electron chi connectivity index (χ2n) is 17.1. The third-order valence-electron chi connectivity index (χ3n) is 10.6. The van der Waals surface area contributed by atoms with Crippen molar-refractivity contribution in [3.63, 3.8) is 0 Å². The van der Waals surface area contributed by atoms with Crippen LogP contribution >= 0.6 is 15.6 Å². The number of nitrogens with zero attached hydrogens (tertiary/aromatic N) is 2. The van der Waals surface area contributed by atoms with E-state index in [1.165, 1.54) is 6.07 Å². The monoisotopic (exact) mass is 1090 g/mol. The molecule has 0 radical (unpaired) electrons. The number of nitrogens with two attached hydrogens (primary N) is 1. The number of allylic oxidation sites excluding steroid dienone is 19. The van der Waals surface area contributed by atoms with Gasteiger partial charge in [-0.25, -0.2) is 13.9 Å². The van der Waals surface area contributed by atoms with E-state index in [1.807, 2.05) is 12.2 Å². The van der Waals surface area contributed by atoms with E-state index in [0.29, 0.717) is 6.42 Å². The van der Waals surface area contributed by atoms with E-state index in [9.17, 15) is 48.6 Å². The van der Waals surface area contributed by atoms with Crippen LogP contribution in [0.3, 0.4) is 0 Å². The van der Waals surface area contributed by atoms with Gasteiger partial charge in [0, 0.05) is 19.0 Å². The summed E-state index contributed by atoms with van der Waals surface area (Å²) in [7, 11) is -11.0. The van der Waals surface area contributed by atoms with Gasteiger partial charge in [0.05, 0.1) is 19.3 Å². The fourth-order valence-corrected chi connectivity index (χ4v) is 8.83. The van der Waals surface area contributed by atoms with Crippen molar-refractivity contribution in [2.45, 2.75) is 160 Å². The minimum atomic E-state index is -5.49. The minimum Gasteiger partial charge on any atom is -0.462 e. The van der Waals surface area contributed by atoms with Crippen LogP contribution in [-0.4, -0.2) is 96.9 Å². The molecule has 0 aliphatic carbocycles. The minimum absolute atomic E-state index is 0.0386. The van der Waals surface area contributed by atoms with E-state index in [4.69, 9.17) is 29.0 Å². The summed E-state index contributed by atoms with van der Waals surface area (Å²) in [5.41, 5.74) is 4.57. The number of esters is 2. The first-order valence-electron chi connectivity index (χ1n) is 25.7. The number of phosphoric ester groups is 2. The number of phosphoric acid groups is 2. The zero-order chi connectivity index (χ0) is 55.0. The number of ether oxygens (including phenoxy) is 3.